The average Bonchev–Trinajstić information content (AvgIpc) is 2.99. The second kappa shape index (κ2) is 6.68. The standard InChI is InChI=1S/2C7H15N3/c8-10-4-6-1-2-9-3-7(6)5-10;8-10-4-6-2-1-3-9-7(6)5-10/h2*6-7,9H,1-5,8H2. The monoisotopic (exact) mass is 282 g/mol. The van der Waals surface area contributed by atoms with Crippen molar-refractivity contribution < 1.29 is 0 Å². The molecule has 4 fully saturated rings. The van der Waals surface area contributed by atoms with E-state index in [0.717, 1.165) is 43.9 Å². The van der Waals surface area contributed by atoms with Gasteiger partial charge in [0.2, 0.25) is 0 Å². The molecule has 6 N–H and O–H groups in total. The molecule has 0 bridgehead atoms. The van der Waals surface area contributed by atoms with E-state index >= 15 is 0 Å². The summed E-state index contributed by atoms with van der Waals surface area (Å²) in [5.74, 6) is 13.9. The highest BCUT2D eigenvalue weighted by Gasteiger charge is 2.33. The molecule has 0 aliphatic carbocycles. The molecule has 4 rings (SSSR count). The molecule has 0 aromatic rings. The molecule has 116 valence electrons. The van der Waals surface area contributed by atoms with Gasteiger partial charge < -0.3 is 10.6 Å². The molecule has 6 nitrogen and oxygen atoms in total. The molecular formula is C14H30N6. The van der Waals surface area contributed by atoms with Gasteiger partial charge in [-0.3, -0.25) is 11.7 Å². The topological polar surface area (TPSA) is 82.6 Å². The number of hydrogen-bond donors (Lipinski definition) is 4. The molecule has 0 spiro atoms. The maximum atomic E-state index is 5.70. The van der Waals surface area contributed by atoms with Crippen molar-refractivity contribution in [1.29, 1.82) is 0 Å². The Labute approximate surface area is 122 Å². The van der Waals surface area contributed by atoms with E-state index in [1.807, 2.05) is 10.0 Å². The van der Waals surface area contributed by atoms with E-state index in [2.05, 4.69) is 10.6 Å². The Kier molecular flexibility index (Phi) is 4.91. The summed E-state index contributed by atoms with van der Waals surface area (Å²) < 4.78 is 0. The number of fused-ring (bicyclic) bond motifs is 2. The largest absolute Gasteiger partial charge is 0.316 e. The molecule has 0 radical (unpaired) electrons. The lowest BCUT2D eigenvalue weighted by molar-refractivity contribution is 0.318. The fourth-order valence-electron chi connectivity index (χ4n) is 4.19. The van der Waals surface area contributed by atoms with E-state index in [0.29, 0.717) is 6.04 Å². The smallest absolute Gasteiger partial charge is 0.0286 e. The van der Waals surface area contributed by atoms with E-state index in [1.54, 1.807) is 0 Å². The van der Waals surface area contributed by atoms with Crippen LogP contribution in [-0.4, -0.2) is 61.9 Å². The highest BCUT2D eigenvalue weighted by Crippen LogP contribution is 2.25. The van der Waals surface area contributed by atoms with Crippen molar-refractivity contribution in [2.75, 3.05) is 45.8 Å². The van der Waals surface area contributed by atoms with Gasteiger partial charge in [-0.25, -0.2) is 10.0 Å². The van der Waals surface area contributed by atoms with E-state index in [1.165, 1.54) is 38.9 Å². The van der Waals surface area contributed by atoms with Gasteiger partial charge in [0.15, 0.2) is 0 Å². The molecule has 4 atom stereocenters. The number of hydrazine groups is 2. The molecule has 0 amide bonds. The number of nitrogens with two attached hydrogens (primary N) is 2. The molecular weight excluding hydrogens is 252 g/mol. The normalized spacial score (nSPS) is 41.7. The summed E-state index contributed by atoms with van der Waals surface area (Å²) in [6.07, 6.45) is 4.01. The Morgan fingerprint density at radius 1 is 0.800 bits per heavy atom. The van der Waals surface area contributed by atoms with Gasteiger partial charge >= 0.3 is 0 Å². The third-order valence-electron chi connectivity index (χ3n) is 5.33. The first-order valence-corrected chi connectivity index (χ1v) is 8.16. The second-order valence-corrected chi connectivity index (χ2v) is 6.88. The van der Waals surface area contributed by atoms with Crippen molar-refractivity contribution in [3.8, 4) is 0 Å². The van der Waals surface area contributed by atoms with Crippen molar-refractivity contribution in [2.45, 2.75) is 25.3 Å². The maximum absolute atomic E-state index is 5.70. The molecule has 0 saturated carbocycles. The third kappa shape index (κ3) is 3.50. The van der Waals surface area contributed by atoms with Gasteiger partial charge in [0.05, 0.1) is 0 Å². The van der Waals surface area contributed by atoms with E-state index < -0.39 is 0 Å². The first kappa shape index (κ1) is 14.7. The van der Waals surface area contributed by atoms with Crippen LogP contribution in [-0.2, 0) is 0 Å². The van der Waals surface area contributed by atoms with E-state index in [-0.39, 0.29) is 0 Å². The van der Waals surface area contributed by atoms with Crippen molar-refractivity contribution in [3.63, 3.8) is 0 Å². The Hall–Kier alpha value is -0.240. The minimum Gasteiger partial charge on any atom is -0.316 e. The van der Waals surface area contributed by atoms with Crippen LogP contribution >= 0.6 is 0 Å². The SMILES string of the molecule is NN1CC2CCCNC2C1.NN1CC2CCNCC2C1. The number of rotatable bonds is 0. The van der Waals surface area contributed by atoms with Gasteiger partial charge in [-0.1, -0.05) is 0 Å². The number of piperidine rings is 2. The fourth-order valence-corrected chi connectivity index (χ4v) is 4.19. The summed E-state index contributed by atoms with van der Waals surface area (Å²) in [5.41, 5.74) is 0. The lowest BCUT2D eigenvalue weighted by atomic mass is 9.90. The zero-order chi connectivity index (χ0) is 13.9. The fraction of sp³-hybridized carbons (Fsp3) is 1.00. The van der Waals surface area contributed by atoms with E-state index in [4.69, 9.17) is 11.7 Å². The minimum absolute atomic E-state index is 0.693. The van der Waals surface area contributed by atoms with Crippen molar-refractivity contribution in [1.82, 2.24) is 20.7 Å². The number of hydrogen-bond acceptors (Lipinski definition) is 6. The Balaban J connectivity index is 0.000000121. The quantitative estimate of drug-likeness (QED) is 0.424. The highest BCUT2D eigenvalue weighted by atomic mass is 15.4. The molecule has 4 heterocycles. The van der Waals surface area contributed by atoms with Gasteiger partial charge in [-0.15, -0.1) is 0 Å². The van der Waals surface area contributed by atoms with Crippen LogP contribution in [0.5, 0.6) is 0 Å². The summed E-state index contributed by atoms with van der Waals surface area (Å²) in [5, 5.41) is 10.8. The summed E-state index contributed by atoms with van der Waals surface area (Å²) in [6.45, 7) is 7.91. The summed E-state index contributed by atoms with van der Waals surface area (Å²) in [7, 11) is 0. The van der Waals surface area contributed by atoms with Crippen LogP contribution in [0.1, 0.15) is 19.3 Å². The molecule has 4 aliphatic heterocycles. The lowest BCUT2D eigenvalue weighted by Crippen LogP contribution is -2.41. The van der Waals surface area contributed by atoms with Gasteiger partial charge in [0.25, 0.3) is 0 Å². The predicted molar refractivity (Wildman–Crippen MR) is 80.5 cm³/mol. The second-order valence-electron chi connectivity index (χ2n) is 6.88. The molecule has 0 aromatic heterocycles. The van der Waals surface area contributed by atoms with Gasteiger partial charge in [0.1, 0.15) is 0 Å². The maximum Gasteiger partial charge on any atom is 0.0286 e. The van der Waals surface area contributed by atoms with Crippen LogP contribution in [0.3, 0.4) is 0 Å². The predicted octanol–water partition coefficient (Wildman–Crippen LogP) is -1.05. The highest BCUT2D eigenvalue weighted by molar-refractivity contribution is 4.89. The lowest BCUT2D eigenvalue weighted by Gasteiger charge is -2.24. The number of nitrogens with zero attached hydrogens (tertiary/aromatic N) is 2. The Morgan fingerprint density at radius 2 is 1.55 bits per heavy atom. The molecule has 4 aliphatic rings. The van der Waals surface area contributed by atoms with Crippen LogP contribution in [0.25, 0.3) is 0 Å². The summed E-state index contributed by atoms with van der Waals surface area (Å²) in [6, 6.07) is 0.693. The van der Waals surface area contributed by atoms with Crippen LogP contribution in [0.15, 0.2) is 0 Å². The van der Waals surface area contributed by atoms with E-state index in [9.17, 15) is 0 Å². The zero-order valence-electron chi connectivity index (χ0n) is 12.4. The number of nitrogens with one attached hydrogen (secondary N) is 2. The van der Waals surface area contributed by atoms with Crippen LogP contribution < -0.4 is 22.3 Å². The van der Waals surface area contributed by atoms with Crippen LogP contribution in [0.2, 0.25) is 0 Å². The summed E-state index contributed by atoms with van der Waals surface area (Å²) in [4.78, 5) is 0. The minimum atomic E-state index is 0.693. The van der Waals surface area contributed by atoms with Gasteiger partial charge in [-0.2, -0.15) is 0 Å². The molecule has 20 heavy (non-hydrogen) atoms. The van der Waals surface area contributed by atoms with Crippen molar-refractivity contribution in [3.05, 3.63) is 0 Å². The van der Waals surface area contributed by atoms with Crippen LogP contribution in [0.4, 0.5) is 0 Å². The zero-order valence-corrected chi connectivity index (χ0v) is 12.4. The molecule has 4 saturated heterocycles. The first-order chi connectivity index (χ1) is 9.72. The Morgan fingerprint density at radius 3 is 2.35 bits per heavy atom. The van der Waals surface area contributed by atoms with Gasteiger partial charge in [-0.05, 0) is 56.7 Å². The summed E-state index contributed by atoms with van der Waals surface area (Å²) >= 11 is 0. The molecule has 6 heteroatoms. The third-order valence-corrected chi connectivity index (χ3v) is 5.33. The first-order valence-electron chi connectivity index (χ1n) is 8.16. The average molecular weight is 282 g/mol. The molecule has 4 unspecified atom stereocenters. The Bertz CT molecular complexity index is 254. The van der Waals surface area contributed by atoms with Crippen molar-refractivity contribution in [2.24, 2.45) is 29.4 Å². The molecule has 0 aromatic carbocycles. The van der Waals surface area contributed by atoms with Crippen LogP contribution in [0, 0.1) is 17.8 Å². The van der Waals surface area contributed by atoms with Gasteiger partial charge in [0, 0.05) is 32.2 Å². The van der Waals surface area contributed by atoms with Crippen molar-refractivity contribution >= 4 is 0 Å².